The lowest BCUT2D eigenvalue weighted by Gasteiger charge is -2.32. The zero-order valence-electron chi connectivity index (χ0n) is 27.5. The van der Waals surface area contributed by atoms with E-state index in [0.717, 1.165) is 12.0 Å². The maximum absolute atomic E-state index is 14.0. The number of fused-ring (bicyclic) bond motifs is 1. The minimum atomic E-state index is -1.47. The summed E-state index contributed by atoms with van der Waals surface area (Å²) < 4.78 is 15.7. The smallest absolute Gasteiger partial charge is 0.123 e. The van der Waals surface area contributed by atoms with E-state index in [-0.39, 0.29) is 11.6 Å². The molecule has 2 aromatic heterocycles. The average molecular weight is 665 g/mol. The van der Waals surface area contributed by atoms with Gasteiger partial charge >= 0.3 is 0 Å². The molecule has 4 N–H and O–H groups in total. The summed E-state index contributed by atoms with van der Waals surface area (Å²) in [4.78, 5) is 4.50. The topological polar surface area (TPSA) is 124 Å². The van der Waals surface area contributed by atoms with Gasteiger partial charge in [0, 0.05) is 35.9 Å². The van der Waals surface area contributed by atoms with Gasteiger partial charge in [-0.2, -0.15) is 5.26 Å². The number of hydrogen-bond acceptors (Lipinski definition) is 8. The fourth-order valence-corrected chi connectivity index (χ4v) is 5.74. The fourth-order valence-electron chi connectivity index (χ4n) is 5.47. The Balaban J connectivity index is 1.51. The summed E-state index contributed by atoms with van der Waals surface area (Å²) in [6, 6.07) is 21.5. The maximum Gasteiger partial charge on any atom is 0.123 e. The van der Waals surface area contributed by atoms with Crippen LogP contribution in [0.2, 0.25) is 5.02 Å². The first-order chi connectivity index (χ1) is 22.9. The molecule has 0 fully saturated rings. The number of aromatic nitrogens is 4. The number of nitrogens with one attached hydrogen (secondary N) is 3. The summed E-state index contributed by atoms with van der Waals surface area (Å²) in [6.45, 7) is 9.03. The first kappa shape index (κ1) is 34.8. The van der Waals surface area contributed by atoms with Crippen molar-refractivity contribution in [2.24, 2.45) is 0 Å². The zero-order valence-corrected chi connectivity index (χ0v) is 28.3. The molecule has 5 rings (SSSR count). The molecule has 9 nitrogen and oxygen atoms in total. The monoisotopic (exact) mass is 664 g/mol. The second-order valence-electron chi connectivity index (χ2n) is 12.9. The largest absolute Gasteiger partial charge is 0.392 e. The van der Waals surface area contributed by atoms with E-state index in [1.165, 1.54) is 18.3 Å². The number of hydrogen-bond donors (Lipinski definition) is 4. The Hall–Kier alpha value is -4.50. The van der Waals surface area contributed by atoms with Gasteiger partial charge in [0.05, 0.1) is 45.6 Å². The molecule has 0 saturated heterocycles. The van der Waals surface area contributed by atoms with Crippen LogP contribution in [0.1, 0.15) is 69.0 Å². The first-order valence-electron chi connectivity index (χ1n) is 15.9. The lowest BCUT2D eigenvalue weighted by molar-refractivity contribution is 0.144. The quantitative estimate of drug-likeness (QED) is 0.103. The highest BCUT2D eigenvalue weighted by molar-refractivity contribution is 6.36. The van der Waals surface area contributed by atoms with Crippen LogP contribution in [0.25, 0.3) is 10.9 Å². The molecule has 5 aromatic rings. The number of β-amino-alcohol motifs (C(OH)–C–C–N with tert-alkyl or cyclic N) is 1. The summed E-state index contributed by atoms with van der Waals surface area (Å²) in [6.07, 6.45) is 3.84. The van der Waals surface area contributed by atoms with Gasteiger partial charge in [-0.1, -0.05) is 66.2 Å². The summed E-state index contributed by atoms with van der Waals surface area (Å²) >= 11 is 6.82. The molecule has 0 spiro atoms. The molecule has 0 amide bonds. The summed E-state index contributed by atoms with van der Waals surface area (Å²) in [7, 11) is 7.12. The van der Waals surface area contributed by atoms with Crippen LogP contribution in [0.15, 0.2) is 79.1 Å². The molecular formula is C36H39BClFN8O. The Morgan fingerprint density at radius 3 is 2.50 bits per heavy atom. The number of nitriles is 1. The van der Waals surface area contributed by atoms with Gasteiger partial charge < -0.3 is 21.1 Å². The van der Waals surface area contributed by atoms with E-state index in [1.54, 1.807) is 29.1 Å². The standard InChI is InChI=1S/C36H39BClFN8O/c1-5-31(23-9-7-6-8-10-23)43-33-24(19-40)20-41-34-29(33)17-27(18-30(34)38)44-36(37,25-11-13-26(39)14-12-25)32-22-47(46-45-32)16-15-28(48)21-42-35(2,3)4/h6-14,17-18,20,22,28,31,42,44,48H,5,15-16,21H2,1-4H3,(H,41,43)/t28?,31-,36?/m1/s1. The number of rotatable bonds is 13. The Labute approximate surface area is 287 Å². The van der Waals surface area contributed by atoms with Crippen molar-refractivity contribution in [1.82, 2.24) is 25.3 Å². The van der Waals surface area contributed by atoms with E-state index in [4.69, 9.17) is 19.4 Å². The van der Waals surface area contributed by atoms with Crippen LogP contribution in [0.5, 0.6) is 0 Å². The predicted octanol–water partition coefficient (Wildman–Crippen LogP) is 6.67. The van der Waals surface area contributed by atoms with Crippen molar-refractivity contribution in [3.63, 3.8) is 0 Å². The van der Waals surface area contributed by atoms with Crippen LogP contribution in [0.4, 0.5) is 15.8 Å². The molecule has 0 saturated carbocycles. The highest BCUT2D eigenvalue weighted by Gasteiger charge is 2.32. The van der Waals surface area contributed by atoms with Crippen LogP contribution < -0.4 is 16.0 Å². The Kier molecular flexibility index (Phi) is 10.7. The van der Waals surface area contributed by atoms with Crippen molar-refractivity contribution in [3.05, 3.63) is 112 Å². The number of aryl methyl sites for hydroxylation is 1. The first-order valence-corrected chi connectivity index (χ1v) is 16.3. The molecule has 2 unspecified atom stereocenters. The summed E-state index contributed by atoms with van der Waals surface area (Å²) in [5, 5.41) is 40.5. The van der Waals surface area contributed by atoms with E-state index in [9.17, 15) is 14.8 Å². The number of nitrogens with zero attached hydrogens (tertiary/aromatic N) is 5. The van der Waals surface area contributed by atoms with Gasteiger partial charge in [0.15, 0.2) is 0 Å². The lowest BCUT2D eigenvalue weighted by Crippen LogP contribution is -2.41. The molecule has 0 aliphatic carbocycles. The number of aliphatic hydroxyl groups excluding tert-OH is 1. The average Bonchev–Trinajstić information content (AvgIpc) is 3.55. The van der Waals surface area contributed by atoms with E-state index >= 15 is 0 Å². The summed E-state index contributed by atoms with van der Waals surface area (Å²) in [5.74, 6) is -0.411. The van der Waals surface area contributed by atoms with E-state index in [0.29, 0.717) is 63.6 Å². The number of anilines is 2. The normalized spacial score (nSPS) is 14.2. The van der Waals surface area contributed by atoms with Gasteiger partial charge in [-0.05, 0) is 69.0 Å². The highest BCUT2D eigenvalue weighted by atomic mass is 35.5. The Morgan fingerprint density at radius 2 is 1.83 bits per heavy atom. The van der Waals surface area contributed by atoms with Gasteiger partial charge in [0.1, 0.15) is 25.4 Å². The number of aliphatic hydroxyl groups is 1. The second-order valence-corrected chi connectivity index (χ2v) is 13.3. The third-order valence-electron chi connectivity index (χ3n) is 8.12. The Morgan fingerprint density at radius 1 is 1.10 bits per heavy atom. The van der Waals surface area contributed by atoms with Crippen molar-refractivity contribution in [3.8, 4) is 6.07 Å². The van der Waals surface area contributed by atoms with Crippen LogP contribution in [0, 0.1) is 17.1 Å². The molecule has 48 heavy (non-hydrogen) atoms. The molecule has 3 aromatic carbocycles. The van der Waals surface area contributed by atoms with Gasteiger partial charge in [-0.25, -0.2) is 4.39 Å². The van der Waals surface area contributed by atoms with Crippen molar-refractivity contribution >= 4 is 41.7 Å². The van der Waals surface area contributed by atoms with E-state index < -0.39 is 17.4 Å². The minimum Gasteiger partial charge on any atom is -0.392 e. The van der Waals surface area contributed by atoms with Gasteiger partial charge in [-0.15, -0.1) is 5.10 Å². The summed E-state index contributed by atoms with van der Waals surface area (Å²) in [5.41, 5.74) is 2.38. The fraction of sp³-hybridized carbons (Fsp3) is 0.333. The maximum atomic E-state index is 14.0. The van der Waals surface area contributed by atoms with Crippen LogP contribution >= 0.6 is 11.6 Å². The van der Waals surface area contributed by atoms with Crippen molar-refractivity contribution in [1.29, 1.82) is 5.26 Å². The number of halogens is 2. The van der Waals surface area contributed by atoms with Crippen molar-refractivity contribution in [2.75, 3.05) is 17.2 Å². The van der Waals surface area contributed by atoms with Crippen LogP contribution in [-0.4, -0.2) is 51.1 Å². The van der Waals surface area contributed by atoms with E-state index in [1.807, 2.05) is 57.2 Å². The molecule has 246 valence electrons. The van der Waals surface area contributed by atoms with Crippen LogP contribution in [-0.2, 0) is 12.0 Å². The predicted molar refractivity (Wildman–Crippen MR) is 190 cm³/mol. The lowest BCUT2D eigenvalue weighted by atomic mass is 9.69. The minimum absolute atomic E-state index is 0.0788. The number of pyridine rings is 1. The number of benzene rings is 3. The highest BCUT2D eigenvalue weighted by Crippen LogP contribution is 2.38. The molecule has 2 heterocycles. The molecule has 0 bridgehead atoms. The van der Waals surface area contributed by atoms with Crippen molar-refractivity contribution < 1.29 is 9.50 Å². The molecular weight excluding hydrogens is 626 g/mol. The van der Waals surface area contributed by atoms with E-state index in [2.05, 4.69) is 44.2 Å². The Bertz CT molecular complexity index is 1890. The molecule has 0 aliphatic heterocycles. The molecule has 3 atom stereocenters. The third kappa shape index (κ3) is 8.13. The molecule has 0 aliphatic rings. The zero-order chi connectivity index (χ0) is 34.5. The van der Waals surface area contributed by atoms with Gasteiger partial charge in [-0.3, -0.25) is 9.67 Å². The second kappa shape index (κ2) is 14.7. The SMILES string of the molecule is [B]C(Nc1cc(Cl)c2ncc(C#N)c(N[C@H](CC)c3ccccc3)c2c1)(c1ccc(F)cc1)c1cn(CCC(O)CNC(C)(C)C)nn1. The van der Waals surface area contributed by atoms with Crippen molar-refractivity contribution in [2.45, 2.75) is 70.2 Å². The molecule has 2 radical (unpaired) electrons. The molecule has 12 heteroatoms. The van der Waals surface area contributed by atoms with Gasteiger partial charge in [0.25, 0.3) is 0 Å². The third-order valence-corrected chi connectivity index (χ3v) is 8.41. The van der Waals surface area contributed by atoms with Crippen LogP contribution in [0.3, 0.4) is 0 Å². The van der Waals surface area contributed by atoms with Gasteiger partial charge in [0.2, 0.25) is 0 Å².